The molecule has 0 saturated heterocycles. The molecule has 1 aliphatic rings. The van der Waals surface area contributed by atoms with Gasteiger partial charge in [-0.3, -0.25) is 4.79 Å². The molecular formula is C20H20N4O. The Morgan fingerprint density at radius 1 is 1.16 bits per heavy atom. The molecular weight excluding hydrogens is 312 g/mol. The molecule has 0 fully saturated rings. The number of aromatic nitrogens is 4. The van der Waals surface area contributed by atoms with Crippen molar-refractivity contribution < 1.29 is 4.79 Å². The topological polar surface area (TPSA) is 52.7 Å². The Morgan fingerprint density at radius 3 is 2.68 bits per heavy atom. The van der Waals surface area contributed by atoms with Crippen molar-refractivity contribution >= 4 is 12.0 Å². The minimum atomic E-state index is -0.113. The third-order valence-corrected chi connectivity index (χ3v) is 4.73. The number of carbonyl (C=O) groups is 1. The third kappa shape index (κ3) is 2.61. The second kappa shape index (κ2) is 6.16. The van der Waals surface area contributed by atoms with Crippen molar-refractivity contribution in [3.63, 3.8) is 0 Å². The van der Waals surface area contributed by atoms with Crippen molar-refractivity contribution in [2.45, 2.75) is 25.7 Å². The second-order valence-corrected chi connectivity index (χ2v) is 6.34. The molecule has 0 radical (unpaired) electrons. The lowest BCUT2D eigenvalue weighted by Gasteiger charge is -2.13. The predicted molar refractivity (Wildman–Crippen MR) is 97.3 cm³/mol. The molecule has 2 heterocycles. The fourth-order valence-electron chi connectivity index (χ4n) is 3.57. The number of aryl methyl sites for hydroxylation is 2. The van der Waals surface area contributed by atoms with Crippen LogP contribution < -0.4 is 0 Å². The van der Waals surface area contributed by atoms with Crippen molar-refractivity contribution in [2.24, 2.45) is 7.05 Å². The first-order valence-corrected chi connectivity index (χ1v) is 8.56. The Kier molecular flexibility index (Phi) is 3.84. The van der Waals surface area contributed by atoms with Gasteiger partial charge in [-0.2, -0.15) is 9.90 Å². The lowest BCUT2D eigenvalue weighted by Crippen LogP contribution is -2.07. The lowest BCUT2D eigenvalue weighted by molar-refractivity contribution is 0.103. The van der Waals surface area contributed by atoms with E-state index < -0.39 is 0 Å². The second-order valence-electron chi connectivity index (χ2n) is 6.34. The van der Waals surface area contributed by atoms with Gasteiger partial charge in [-0.15, -0.1) is 5.10 Å². The SMILES string of the molecule is C=Cn1c(-c2nn(C)nc2C(=O)c2ccccc2)cc2c1CCCC2. The Bertz CT molecular complexity index is 950. The van der Waals surface area contributed by atoms with Crippen LogP contribution in [-0.2, 0) is 19.9 Å². The van der Waals surface area contributed by atoms with Crippen molar-refractivity contribution in [1.82, 2.24) is 19.6 Å². The Hall–Kier alpha value is -2.95. The van der Waals surface area contributed by atoms with Gasteiger partial charge in [-0.05, 0) is 37.3 Å². The maximum Gasteiger partial charge on any atom is 0.215 e. The van der Waals surface area contributed by atoms with E-state index in [0.29, 0.717) is 17.0 Å². The minimum absolute atomic E-state index is 0.113. The summed E-state index contributed by atoms with van der Waals surface area (Å²) in [7, 11) is 1.74. The number of nitrogens with zero attached hydrogens (tertiary/aromatic N) is 4. The average Bonchev–Trinajstić information content (AvgIpc) is 3.21. The van der Waals surface area contributed by atoms with Crippen LogP contribution in [0.1, 0.15) is 40.2 Å². The van der Waals surface area contributed by atoms with Crippen LogP contribution >= 0.6 is 0 Å². The van der Waals surface area contributed by atoms with E-state index in [0.717, 1.165) is 18.5 Å². The highest BCUT2D eigenvalue weighted by molar-refractivity contribution is 6.10. The minimum Gasteiger partial charge on any atom is -0.319 e. The van der Waals surface area contributed by atoms with E-state index in [1.807, 2.05) is 24.4 Å². The fraction of sp³-hybridized carbons (Fsp3) is 0.250. The zero-order valence-corrected chi connectivity index (χ0v) is 14.3. The Balaban J connectivity index is 1.86. The van der Waals surface area contributed by atoms with E-state index in [4.69, 9.17) is 0 Å². The molecule has 5 heteroatoms. The van der Waals surface area contributed by atoms with Gasteiger partial charge < -0.3 is 4.57 Å². The first kappa shape index (κ1) is 15.6. The van der Waals surface area contributed by atoms with Crippen molar-refractivity contribution in [3.8, 4) is 11.4 Å². The number of fused-ring (bicyclic) bond motifs is 1. The molecule has 0 unspecified atom stereocenters. The highest BCUT2D eigenvalue weighted by Crippen LogP contribution is 2.32. The summed E-state index contributed by atoms with van der Waals surface area (Å²) >= 11 is 0. The summed E-state index contributed by atoms with van der Waals surface area (Å²) in [6, 6.07) is 11.4. The number of ketones is 1. The molecule has 0 bridgehead atoms. The van der Waals surface area contributed by atoms with Crippen LogP contribution in [-0.4, -0.2) is 25.3 Å². The molecule has 0 atom stereocenters. The standard InChI is InChI=1S/C20H20N4O/c1-3-24-16-12-8-7-11-15(16)13-17(24)18-19(22-23(2)21-18)20(25)14-9-5-4-6-10-14/h3-6,9-10,13H,1,7-8,11-12H2,2H3. The molecule has 5 nitrogen and oxygen atoms in total. The number of benzene rings is 1. The van der Waals surface area contributed by atoms with Crippen molar-refractivity contribution in [2.75, 3.05) is 0 Å². The van der Waals surface area contributed by atoms with Crippen LogP contribution in [0.4, 0.5) is 0 Å². The molecule has 1 aliphatic carbocycles. The van der Waals surface area contributed by atoms with E-state index in [9.17, 15) is 4.79 Å². The highest BCUT2D eigenvalue weighted by atomic mass is 16.1. The van der Waals surface area contributed by atoms with Gasteiger partial charge in [0.1, 0.15) is 5.69 Å². The van der Waals surface area contributed by atoms with Crippen molar-refractivity contribution in [1.29, 1.82) is 0 Å². The van der Waals surface area contributed by atoms with Crippen molar-refractivity contribution in [3.05, 3.63) is 65.5 Å². The normalized spacial score (nSPS) is 13.5. The van der Waals surface area contributed by atoms with Crippen LogP contribution in [0.3, 0.4) is 0 Å². The molecule has 0 saturated carbocycles. The molecule has 3 aromatic rings. The van der Waals surface area contributed by atoms with Gasteiger partial charge in [-0.1, -0.05) is 36.9 Å². The fourth-order valence-corrected chi connectivity index (χ4v) is 3.57. The van der Waals surface area contributed by atoms with Gasteiger partial charge in [0.05, 0.1) is 5.69 Å². The quantitative estimate of drug-likeness (QED) is 0.687. The Morgan fingerprint density at radius 2 is 1.92 bits per heavy atom. The molecule has 0 amide bonds. The van der Waals surface area contributed by atoms with Gasteiger partial charge in [0.15, 0.2) is 5.69 Å². The van der Waals surface area contributed by atoms with Crippen LogP contribution in [0.15, 0.2) is 43.0 Å². The zero-order valence-electron chi connectivity index (χ0n) is 14.3. The average molecular weight is 332 g/mol. The predicted octanol–water partition coefficient (Wildman–Crippen LogP) is 3.49. The van der Waals surface area contributed by atoms with Gasteiger partial charge in [-0.25, -0.2) is 0 Å². The summed E-state index contributed by atoms with van der Waals surface area (Å²) in [5.74, 6) is -0.113. The van der Waals surface area contributed by atoms with Gasteiger partial charge in [0.25, 0.3) is 0 Å². The summed E-state index contributed by atoms with van der Waals surface area (Å²) in [6.07, 6.45) is 6.28. The first-order valence-electron chi connectivity index (χ1n) is 8.56. The number of rotatable bonds is 4. The van der Waals surface area contributed by atoms with Crippen LogP contribution in [0.2, 0.25) is 0 Å². The summed E-state index contributed by atoms with van der Waals surface area (Å²) < 4.78 is 2.07. The molecule has 4 rings (SSSR count). The first-order chi connectivity index (χ1) is 12.2. The highest BCUT2D eigenvalue weighted by Gasteiger charge is 2.25. The summed E-state index contributed by atoms with van der Waals surface area (Å²) in [4.78, 5) is 14.4. The maximum atomic E-state index is 12.9. The number of carbonyl (C=O) groups excluding carboxylic acids is 1. The smallest absolute Gasteiger partial charge is 0.215 e. The molecule has 0 spiro atoms. The van der Waals surface area contributed by atoms with E-state index in [2.05, 4.69) is 27.4 Å². The molecule has 0 N–H and O–H groups in total. The maximum absolute atomic E-state index is 12.9. The van der Waals surface area contributed by atoms with E-state index >= 15 is 0 Å². The number of hydrogen-bond donors (Lipinski definition) is 0. The summed E-state index contributed by atoms with van der Waals surface area (Å²) in [6.45, 7) is 3.96. The van der Waals surface area contributed by atoms with Crippen LogP contribution in [0.25, 0.3) is 17.6 Å². The van der Waals surface area contributed by atoms with E-state index in [1.54, 1.807) is 19.2 Å². The summed E-state index contributed by atoms with van der Waals surface area (Å²) in [5, 5.41) is 8.85. The molecule has 1 aromatic carbocycles. The monoisotopic (exact) mass is 332 g/mol. The van der Waals surface area contributed by atoms with Crippen LogP contribution in [0.5, 0.6) is 0 Å². The third-order valence-electron chi connectivity index (χ3n) is 4.73. The zero-order chi connectivity index (χ0) is 17.4. The largest absolute Gasteiger partial charge is 0.319 e. The molecule has 25 heavy (non-hydrogen) atoms. The van der Waals surface area contributed by atoms with Gasteiger partial charge >= 0.3 is 0 Å². The Labute approximate surface area is 146 Å². The lowest BCUT2D eigenvalue weighted by atomic mass is 9.98. The molecule has 0 aliphatic heterocycles. The van der Waals surface area contributed by atoms with E-state index in [-0.39, 0.29) is 5.78 Å². The molecule has 2 aromatic heterocycles. The summed E-state index contributed by atoms with van der Waals surface area (Å²) in [5.41, 5.74) is 5.11. The molecule has 126 valence electrons. The van der Waals surface area contributed by atoms with Crippen LogP contribution in [0, 0.1) is 0 Å². The van der Waals surface area contributed by atoms with Gasteiger partial charge in [0.2, 0.25) is 5.78 Å². The van der Waals surface area contributed by atoms with Gasteiger partial charge in [0, 0.05) is 24.5 Å². The van der Waals surface area contributed by atoms with E-state index in [1.165, 1.54) is 28.9 Å². The number of hydrogen-bond acceptors (Lipinski definition) is 3.